The maximum atomic E-state index is 14.7. The number of hydrazine groups is 1. The first kappa shape index (κ1) is 26.2. The lowest BCUT2D eigenvalue weighted by Crippen LogP contribution is -2.41. The molecule has 37 heavy (non-hydrogen) atoms. The predicted octanol–water partition coefficient (Wildman–Crippen LogP) is 3.94. The lowest BCUT2D eigenvalue weighted by molar-refractivity contribution is -0.138. The number of anilines is 1. The Balaban J connectivity index is 1.80. The van der Waals surface area contributed by atoms with Crippen molar-refractivity contribution in [3.8, 4) is 11.4 Å². The van der Waals surface area contributed by atoms with Gasteiger partial charge in [0.2, 0.25) is 0 Å². The Labute approximate surface area is 213 Å². The molecular weight excluding hydrogens is 499 g/mol. The van der Waals surface area contributed by atoms with Crippen LogP contribution in [0.25, 0.3) is 22.4 Å². The Morgan fingerprint density at radius 1 is 1.16 bits per heavy atom. The number of rotatable bonds is 8. The number of carboxylic acid groups (broad SMARTS) is 1. The first-order valence-corrected chi connectivity index (χ1v) is 12.8. The number of carboxylic acids is 1. The number of hydrogen-bond acceptors (Lipinski definition) is 8. The van der Waals surface area contributed by atoms with Gasteiger partial charge in [0, 0.05) is 29.9 Å². The topological polar surface area (TPSA) is 130 Å². The summed E-state index contributed by atoms with van der Waals surface area (Å²) in [5.41, 5.74) is 3.86. The normalized spacial score (nSPS) is 12.3. The van der Waals surface area contributed by atoms with Crippen molar-refractivity contribution >= 4 is 32.8 Å². The zero-order valence-corrected chi connectivity index (χ0v) is 21.6. The molecule has 2 N–H and O–H groups in total. The molecule has 0 saturated carbocycles. The average Bonchev–Trinajstić information content (AvgIpc) is 3.20. The molecule has 0 aliphatic heterocycles. The van der Waals surface area contributed by atoms with Gasteiger partial charge in [-0.1, -0.05) is 38.5 Å². The molecule has 10 nitrogen and oxygen atoms in total. The molecule has 3 heterocycles. The Morgan fingerprint density at radius 3 is 2.51 bits per heavy atom. The van der Waals surface area contributed by atoms with E-state index in [1.165, 1.54) is 29.5 Å². The fraction of sp³-hybridized carbons (Fsp3) is 0.280. The number of carbonyl (C=O) groups is 1. The summed E-state index contributed by atoms with van der Waals surface area (Å²) in [6.07, 6.45) is 3.78. The highest BCUT2D eigenvalue weighted by molar-refractivity contribution is 7.90. The van der Waals surface area contributed by atoms with E-state index in [1.54, 1.807) is 24.3 Å². The number of halogens is 1. The minimum atomic E-state index is -4.01. The summed E-state index contributed by atoms with van der Waals surface area (Å²) in [4.78, 5) is 24.1. The molecule has 0 amide bonds. The van der Waals surface area contributed by atoms with Crippen LogP contribution < -0.4 is 5.43 Å². The predicted molar refractivity (Wildman–Crippen MR) is 137 cm³/mol. The van der Waals surface area contributed by atoms with Crippen molar-refractivity contribution in [1.29, 1.82) is 0 Å². The largest absolute Gasteiger partial charge is 0.480 e. The van der Waals surface area contributed by atoms with E-state index in [0.29, 0.717) is 10.9 Å². The van der Waals surface area contributed by atoms with E-state index < -0.39 is 28.4 Å². The second-order valence-corrected chi connectivity index (χ2v) is 11.7. The zero-order chi connectivity index (χ0) is 27.0. The van der Waals surface area contributed by atoms with Gasteiger partial charge in [-0.05, 0) is 36.6 Å². The van der Waals surface area contributed by atoms with Crippen LogP contribution in [-0.2, 0) is 14.8 Å². The highest BCUT2D eigenvalue weighted by atomic mass is 32.2. The number of hydrogen-bond donors (Lipinski definition) is 2. The van der Waals surface area contributed by atoms with Crippen molar-refractivity contribution in [2.24, 2.45) is 5.41 Å². The Kier molecular flexibility index (Phi) is 6.98. The van der Waals surface area contributed by atoms with Gasteiger partial charge in [-0.15, -0.1) is 0 Å². The number of nitrogens with one attached hydrogen (secondary N) is 1. The molecule has 0 aliphatic carbocycles. The zero-order valence-electron chi connectivity index (χ0n) is 20.8. The van der Waals surface area contributed by atoms with Crippen LogP contribution in [0, 0.1) is 18.2 Å². The number of benzene rings is 1. The molecule has 12 heteroatoms. The maximum Gasteiger partial charge on any atom is 0.319 e. The van der Waals surface area contributed by atoms with E-state index in [1.807, 2.05) is 27.7 Å². The fourth-order valence-electron chi connectivity index (χ4n) is 3.81. The molecule has 0 radical (unpaired) electrons. The summed E-state index contributed by atoms with van der Waals surface area (Å²) in [7, 11) is -4.01. The molecule has 0 aliphatic rings. The molecule has 3 aromatic heterocycles. The quantitative estimate of drug-likeness (QED) is 0.328. The van der Waals surface area contributed by atoms with Crippen LogP contribution in [0.5, 0.6) is 0 Å². The standard InChI is InChI=1S/C25H27FN6O4S/c1-16-7-9-17(10-8-16)37(35,36)32-13-19(18-6-5-11-27-24(18)32)22-28-12-20(26)23(29-22)30-31(14-21(33)34)15-25(2,3)4/h5-13H,14-15H2,1-4H3,(H,33,34)(H,28,29,30). The van der Waals surface area contributed by atoms with Crippen LogP contribution in [-0.4, -0.2) is 56.5 Å². The van der Waals surface area contributed by atoms with E-state index in [4.69, 9.17) is 0 Å². The summed E-state index contributed by atoms with van der Waals surface area (Å²) in [5.74, 6) is -2.07. The first-order chi connectivity index (χ1) is 17.3. The molecule has 0 fully saturated rings. The van der Waals surface area contributed by atoms with Crippen molar-refractivity contribution in [2.75, 3.05) is 18.5 Å². The molecular formula is C25H27FN6O4S. The first-order valence-electron chi connectivity index (χ1n) is 11.4. The van der Waals surface area contributed by atoms with Crippen LogP contribution in [0.15, 0.2) is 59.9 Å². The number of aliphatic carboxylic acids is 1. The van der Waals surface area contributed by atoms with Gasteiger partial charge in [0.25, 0.3) is 10.0 Å². The van der Waals surface area contributed by atoms with Crippen molar-refractivity contribution < 1.29 is 22.7 Å². The van der Waals surface area contributed by atoms with E-state index in [-0.39, 0.29) is 34.1 Å². The third-order valence-electron chi connectivity index (χ3n) is 5.35. The van der Waals surface area contributed by atoms with Crippen LogP contribution in [0.1, 0.15) is 26.3 Å². The molecule has 1 aromatic carbocycles. The monoisotopic (exact) mass is 526 g/mol. The van der Waals surface area contributed by atoms with Crippen LogP contribution in [0.4, 0.5) is 10.2 Å². The molecule has 0 spiro atoms. The SMILES string of the molecule is Cc1ccc(S(=O)(=O)n2cc(-c3ncc(F)c(NN(CC(=O)O)CC(C)(C)C)n3)c3cccnc32)cc1. The summed E-state index contributed by atoms with van der Waals surface area (Å²) < 4.78 is 42.7. The molecule has 4 rings (SSSR count). The van der Waals surface area contributed by atoms with E-state index in [0.717, 1.165) is 15.7 Å². The van der Waals surface area contributed by atoms with Gasteiger partial charge in [0.05, 0.1) is 11.1 Å². The lowest BCUT2D eigenvalue weighted by atomic mass is 9.97. The van der Waals surface area contributed by atoms with Crippen LogP contribution in [0.3, 0.4) is 0 Å². The summed E-state index contributed by atoms with van der Waals surface area (Å²) in [6.45, 7) is 7.51. The molecule has 0 bridgehead atoms. The Morgan fingerprint density at radius 2 is 1.86 bits per heavy atom. The second kappa shape index (κ2) is 9.87. The molecule has 194 valence electrons. The van der Waals surface area contributed by atoms with Gasteiger partial charge < -0.3 is 5.11 Å². The lowest BCUT2D eigenvalue weighted by Gasteiger charge is -2.29. The van der Waals surface area contributed by atoms with Crippen LogP contribution >= 0.6 is 0 Å². The highest BCUT2D eigenvalue weighted by Crippen LogP contribution is 2.31. The molecule has 0 saturated heterocycles. The molecule has 0 unspecified atom stereocenters. The summed E-state index contributed by atoms with van der Waals surface area (Å²) >= 11 is 0. The van der Waals surface area contributed by atoms with E-state index in [2.05, 4.69) is 20.4 Å². The van der Waals surface area contributed by atoms with E-state index >= 15 is 0 Å². The van der Waals surface area contributed by atoms with Gasteiger partial charge in [-0.25, -0.2) is 36.7 Å². The second-order valence-electron chi connectivity index (χ2n) is 9.84. The van der Waals surface area contributed by atoms with Crippen LogP contribution in [0.2, 0.25) is 0 Å². The number of aromatic nitrogens is 4. The minimum absolute atomic E-state index is 0.0470. The van der Waals surface area contributed by atoms with Crippen molar-refractivity contribution in [3.05, 3.63) is 66.4 Å². The van der Waals surface area contributed by atoms with Gasteiger partial charge in [-0.3, -0.25) is 10.2 Å². The molecule has 4 aromatic rings. The number of aryl methyl sites for hydroxylation is 1. The van der Waals surface area contributed by atoms with Crippen molar-refractivity contribution in [2.45, 2.75) is 32.6 Å². The van der Waals surface area contributed by atoms with Gasteiger partial charge in [-0.2, -0.15) is 0 Å². The highest BCUT2D eigenvalue weighted by Gasteiger charge is 2.25. The summed E-state index contributed by atoms with van der Waals surface area (Å²) in [6, 6.07) is 9.76. The van der Waals surface area contributed by atoms with Gasteiger partial charge >= 0.3 is 5.97 Å². The van der Waals surface area contributed by atoms with Crippen molar-refractivity contribution in [3.63, 3.8) is 0 Å². The summed E-state index contributed by atoms with van der Waals surface area (Å²) in [5, 5.41) is 11.1. The number of nitrogens with zero attached hydrogens (tertiary/aromatic N) is 5. The van der Waals surface area contributed by atoms with Gasteiger partial charge in [0.1, 0.15) is 6.54 Å². The van der Waals surface area contributed by atoms with E-state index in [9.17, 15) is 22.7 Å². The fourth-order valence-corrected chi connectivity index (χ4v) is 5.14. The van der Waals surface area contributed by atoms with Gasteiger partial charge in [0.15, 0.2) is 23.1 Å². The third-order valence-corrected chi connectivity index (χ3v) is 7.01. The maximum absolute atomic E-state index is 14.7. The Hall–Kier alpha value is -3.90. The number of pyridine rings is 1. The smallest absolute Gasteiger partial charge is 0.319 e. The molecule has 0 atom stereocenters. The third kappa shape index (κ3) is 5.75. The number of fused-ring (bicyclic) bond motifs is 1. The average molecular weight is 527 g/mol. The van der Waals surface area contributed by atoms with Crippen molar-refractivity contribution in [1.82, 2.24) is 23.9 Å². The minimum Gasteiger partial charge on any atom is -0.480 e. The Bertz CT molecular complexity index is 1560.